The normalized spacial score (nSPS) is 28.3. The standard InChI is InChI=1S/C8H14N2S/c1-3-8(4-2)10-7(5-9)6-11-8/h7,10H,3-4,6H2,1-2H3. The Balaban J connectivity index is 2.56. The molecule has 1 fully saturated rings. The summed E-state index contributed by atoms with van der Waals surface area (Å²) in [5.74, 6) is 0.943. The molecule has 0 aromatic heterocycles. The first kappa shape index (κ1) is 8.89. The molecular formula is C8H14N2S. The number of nitrogens with zero attached hydrogens (tertiary/aromatic N) is 1. The first-order valence-electron chi connectivity index (χ1n) is 4.07. The van der Waals surface area contributed by atoms with Crippen LogP contribution in [0.4, 0.5) is 0 Å². The molecule has 0 radical (unpaired) electrons. The van der Waals surface area contributed by atoms with Crippen molar-refractivity contribution in [2.24, 2.45) is 0 Å². The number of nitriles is 1. The van der Waals surface area contributed by atoms with E-state index in [-0.39, 0.29) is 10.9 Å². The molecule has 1 aliphatic heterocycles. The van der Waals surface area contributed by atoms with Gasteiger partial charge in [0.2, 0.25) is 0 Å². The summed E-state index contributed by atoms with van der Waals surface area (Å²) < 4.78 is 0. The zero-order chi connectivity index (χ0) is 8.32. The number of hydrogen-bond acceptors (Lipinski definition) is 3. The molecule has 0 aromatic rings. The summed E-state index contributed by atoms with van der Waals surface area (Å²) in [6, 6.07) is 2.32. The summed E-state index contributed by atoms with van der Waals surface area (Å²) in [4.78, 5) is 0.195. The van der Waals surface area contributed by atoms with E-state index in [2.05, 4.69) is 25.2 Å². The van der Waals surface area contributed by atoms with Crippen LogP contribution in [0.25, 0.3) is 0 Å². The van der Waals surface area contributed by atoms with E-state index in [1.54, 1.807) is 0 Å². The number of thioether (sulfide) groups is 1. The third-order valence-electron chi connectivity index (χ3n) is 2.26. The van der Waals surface area contributed by atoms with Gasteiger partial charge in [-0.05, 0) is 12.8 Å². The Morgan fingerprint density at radius 3 is 2.55 bits per heavy atom. The van der Waals surface area contributed by atoms with E-state index >= 15 is 0 Å². The Bertz CT molecular complexity index is 169. The van der Waals surface area contributed by atoms with Crippen LogP contribution in [-0.2, 0) is 0 Å². The Morgan fingerprint density at radius 2 is 2.27 bits per heavy atom. The summed E-state index contributed by atoms with van der Waals surface area (Å²) >= 11 is 1.89. The molecule has 2 nitrogen and oxygen atoms in total. The minimum atomic E-state index is 0.0694. The van der Waals surface area contributed by atoms with Crippen molar-refractivity contribution in [3.8, 4) is 6.07 Å². The van der Waals surface area contributed by atoms with Crippen molar-refractivity contribution in [3.05, 3.63) is 0 Å². The maximum Gasteiger partial charge on any atom is 0.106 e. The molecular weight excluding hydrogens is 156 g/mol. The molecule has 0 aromatic carbocycles. The summed E-state index contributed by atoms with van der Waals surface area (Å²) in [5, 5.41) is 12.0. The fourth-order valence-electron chi connectivity index (χ4n) is 1.37. The number of nitrogens with one attached hydrogen (secondary N) is 1. The van der Waals surface area contributed by atoms with Gasteiger partial charge in [0, 0.05) is 5.75 Å². The van der Waals surface area contributed by atoms with Gasteiger partial charge >= 0.3 is 0 Å². The van der Waals surface area contributed by atoms with Crippen molar-refractivity contribution >= 4 is 11.8 Å². The minimum absolute atomic E-state index is 0.0694. The van der Waals surface area contributed by atoms with Gasteiger partial charge in [-0.1, -0.05) is 13.8 Å². The SMILES string of the molecule is CCC1(CC)NC(C#N)CS1. The highest BCUT2D eigenvalue weighted by atomic mass is 32.2. The molecule has 62 valence electrons. The molecule has 0 bridgehead atoms. The highest BCUT2D eigenvalue weighted by Gasteiger charge is 2.35. The summed E-state index contributed by atoms with van der Waals surface area (Å²) in [6.07, 6.45) is 2.21. The van der Waals surface area contributed by atoms with Gasteiger partial charge in [0.15, 0.2) is 0 Å². The second-order valence-corrected chi connectivity index (χ2v) is 4.24. The lowest BCUT2D eigenvalue weighted by molar-refractivity contribution is 0.447. The predicted molar refractivity (Wildman–Crippen MR) is 48.3 cm³/mol. The van der Waals surface area contributed by atoms with Crippen molar-refractivity contribution in [3.63, 3.8) is 0 Å². The second-order valence-electron chi connectivity index (χ2n) is 2.84. The molecule has 0 saturated carbocycles. The second kappa shape index (κ2) is 3.46. The van der Waals surface area contributed by atoms with Crippen LogP contribution in [0.3, 0.4) is 0 Å². The van der Waals surface area contributed by atoms with Gasteiger partial charge in [0.05, 0.1) is 10.9 Å². The summed E-state index contributed by atoms with van der Waals surface area (Å²) in [5.41, 5.74) is 0. The Hall–Kier alpha value is -0.200. The topological polar surface area (TPSA) is 35.8 Å². The Morgan fingerprint density at radius 1 is 1.64 bits per heavy atom. The molecule has 0 aliphatic carbocycles. The van der Waals surface area contributed by atoms with Crippen LogP contribution in [0.5, 0.6) is 0 Å². The largest absolute Gasteiger partial charge is 0.287 e. The maximum atomic E-state index is 8.66. The van der Waals surface area contributed by atoms with Gasteiger partial charge in [0.25, 0.3) is 0 Å². The van der Waals surface area contributed by atoms with Crippen molar-refractivity contribution < 1.29 is 0 Å². The smallest absolute Gasteiger partial charge is 0.106 e. The summed E-state index contributed by atoms with van der Waals surface area (Å²) in [7, 11) is 0. The lowest BCUT2D eigenvalue weighted by Gasteiger charge is -2.25. The number of rotatable bonds is 2. The highest BCUT2D eigenvalue weighted by Crippen LogP contribution is 2.35. The first-order valence-corrected chi connectivity index (χ1v) is 5.06. The molecule has 0 amide bonds. The van der Waals surface area contributed by atoms with Crippen molar-refractivity contribution in [2.45, 2.75) is 37.6 Å². The van der Waals surface area contributed by atoms with Gasteiger partial charge in [-0.3, -0.25) is 5.32 Å². The van der Waals surface area contributed by atoms with Crippen LogP contribution < -0.4 is 5.32 Å². The molecule has 3 heteroatoms. The molecule has 0 spiro atoms. The zero-order valence-corrected chi connectivity index (χ0v) is 7.87. The average molecular weight is 170 g/mol. The van der Waals surface area contributed by atoms with Crippen LogP contribution in [0.15, 0.2) is 0 Å². The van der Waals surface area contributed by atoms with Gasteiger partial charge < -0.3 is 0 Å². The van der Waals surface area contributed by atoms with Crippen LogP contribution in [-0.4, -0.2) is 16.7 Å². The molecule has 1 saturated heterocycles. The van der Waals surface area contributed by atoms with Crippen LogP contribution in [0.2, 0.25) is 0 Å². The molecule has 1 unspecified atom stereocenters. The highest BCUT2D eigenvalue weighted by molar-refractivity contribution is 8.00. The van der Waals surface area contributed by atoms with Crippen molar-refractivity contribution in [1.82, 2.24) is 5.32 Å². The van der Waals surface area contributed by atoms with Crippen molar-refractivity contribution in [1.29, 1.82) is 5.26 Å². The monoisotopic (exact) mass is 170 g/mol. The van der Waals surface area contributed by atoms with E-state index < -0.39 is 0 Å². The average Bonchev–Trinajstić information content (AvgIpc) is 2.49. The van der Waals surface area contributed by atoms with Crippen LogP contribution in [0.1, 0.15) is 26.7 Å². The molecule has 1 rings (SSSR count). The third kappa shape index (κ3) is 1.69. The minimum Gasteiger partial charge on any atom is -0.287 e. The molecule has 1 heterocycles. The van der Waals surface area contributed by atoms with Crippen molar-refractivity contribution in [2.75, 3.05) is 5.75 Å². The Labute approximate surface area is 72.4 Å². The van der Waals surface area contributed by atoms with Gasteiger partial charge in [-0.15, -0.1) is 11.8 Å². The fraction of sp³-hybridized carbons (Fsp3) is 0.875. The van der Waals surface area contributed by atoms with Gasteiger partial charge in [0.1, 0.15) is 6.04 Å². The van der Waals surface area contributed by atoms with E-state index in [1.165, 1.54) is 0 Å². The quantitative estimate of drug-likeness (QED) is 0.685. The van der Waals surface area contributed by atoms with E-state index in [9.17, 15) is 0 Å². The molecule has 1 atom stereocenters. The number of hydrogen-bond donors (Lipinski definition) is 1. The maximum absolute atomic E-state index is 8.66. The van der Waals surface area contributed by atoms with E-state index in [4.69, 9.17) is 5.26 Å². The van der Waals surface area contributed by atoms with Crippen LogP contribution in [0, 0.1) is 11.3 Å². The van der Waals surface area contributed by atoms with Gasteiger partial charge in [-0.2, -0.15) is 5.26 Å². The molecule has 11 heavy (non-hydrogen) atoms. The van der Waals surface area contributed by atoms with Gasteiger partial charge in [-0.25, -0.2) is 0 Å². The van der Waals surface area contributed by atoms with E-state index in [0.29, 0.717) is 0 Å². The zero-order valence-electron chi connectivity index (χ0n) is 7.05. The molecule has 1 aliphatic rings. The summed E-state index contributed by atoms with van der Waals surface area (Å²) in [6.45, 7) is 4.34. The lowest BCUT2D eigenvalue weighted by atomic mass is 10.1. The third-order valence-corrected chi connectivity index (χ3v) is 4.01. The fourth-order valence-corrected chi connectivity index (χ4v) is 2.65. The van der Waals surface area contributed by atoms with E-state index in [0.717, 1.165) is 18.6 Å². The lowest BCUT2D eigenvalue weighted by Crippen LogP contribution is -2.40. The predicted octanol–water partition coefficient (Wildman–Crippen LogP) is 1.73. The van der Waals surface area contributed by atoms with Crippen LogP contribution >= 0.6 is 11.8 Å². The first-order chi connectivity index (χ1) is 5.26. The van der Waals surface area contributed by atoms with E-state index in [1.807, 2.05) is 11.8 Å². The Kier molecular flexibility index (Phi) is 2.80. The molecule has 1 N–H and O–H groups in total.